The van der Waals surface area contributed by atoms with Gasteiger partial charge in [-0.3, -0.25) is 0 Å². The standard InChI is InChI=1S/C15H24N4/c1-2-4-13-9-15(18-11-17-13)19-8-6-14-12(10-19)5-3-7-16-14/h9,11-12,14,16H,2-8,10H2,1H3. The van der Waals surface area contributed by atoms with E-state index in [4.69, 9.17) is 0 Å². The Morgan fingerprint density at radius 3 is 3.21 bits per heavy atom. The van der Waals surface area contributed by atoms with Gasteiger partial charge in [-0.25, -0.2) is 9.97 Å². The lowest BCUT2D eigenvalue weighted by Crippen LogP contribution is -2.52. The van der Waals surface area contributed by atoms with Crippen LogP contribution >= 0.6 is 0 Å². The molecule has 2 atom stereocenters. The van der Waals surface area contributed by atoms with E-state index in [1.807, 2.05) is 0 Å². The highest BCUT2D eigenvalue weighted by atomic mass is 15.2. The summed E-state index contributed by atoms with van der Waals surface area (Å²) in [6.07, 6.45) is 7.85. The Morgan fingerprint density at radius 2 is 2.32 bits per heavy atom. The molecule has 0 bridgehead atoms. The Balaban J connectivity index is 1.70. The second-order valence-electron chi connectivity index (χ2n) is 5.82. The summed E-state index contributed by atoms with van der Waals surface area (Å²) >= 11 is 0. The van der Waals surface area contributed by atoms with Gasteiger partial charge in [0.1, 0.15) is 12.1 Å². The molecule has 1 N–H and O–H groups in total. The molecule has 4 nitrogen and oxygen atoms in total. The molecule has 3 rings (SSSR count). The topological polar surface area (TPSA) is 41.0 Å². The van der Waals surface area contributed by atoms with Crippen molar-refractivity contribution < 1.29 is 0 Å². The van der Waals surface area contributed by atoms with E-state index in [-0.39, 0.29) is 0 Å². The summed E-state index contributed by atoms with van der Waals surface area (Å²) in [5.41, 5.74) is 1.18. The molecule has 0 spiro atoms. The van der Waals surface area contributed by atoms with Gasteiger partial charge in [0.05, 0.1) is 0 Å². The SMILES string of the molecule is CCCc1cc(N2CCC3NCCCC3C2)ncn1. The number of anilines is 1. The average Bonchev–Trinajstić information content (AvgIpc) is 2.47. The summed E-state index contributed by atoms with van der Waals surface area (Å²) in [6, 6.07) is 2.92. The van der Waals surface area contributed by atoms with Crippen LogP contribution in [0.25, 0.3) is 0 Å². The van der Waals surface area contributed by atoms with Crippen molar-refractivity contribution in [1.29, 1.82) is 0 Å². The lowest BCUT2D eigenvalue weighted by Gasteiger charge is -2.42. The maximum atomic E-state index is 4.48. The molecule has 2 fully saturated rings. The Hall–Kier alpha value is -1.16. The second kappa shape index (κ2) is 5.87. The van der Waals surface area contributed by atoms with Crippen molar-refractivity contribution in [2.45, 2.75) is 45.1 Å². The molecule has 0 aromatic carbocycles. The lowest BCUT2D eigenvalue weighted by atomic mass is 9.85. The minimum Gasteiger partial charge on any atom is -0.356 e. The molecular weight excluding hydrogens is 236 g/mol. The Kier molecular flexibility index (Phi) is 3.97. The quantitative estimate of drug-likeness (QED) is 0.902. The molecule has 0 saturated carbocycles. The molecule has 2 saturated heterocycles. The van der Waals surface area contributed by atoms with Crippen molar-refractivity contribution in [1.82, 2.24) is 15.3 Å². The molecular formula is C15H24N4. The van der Waals surface area contributed by atoms with Crippen LogP contribution in [0.5, 0.6) is 0 Å². The minimum atomic E-state index is 0.738. The number of hydrogen-bond donors (Lipinski definition) is 1. The summed E-state index contributed by atoms with van der Waals surface area (Å²) in [7, 11) is 0. The van der Waals surface area contributed by atoms with Gasteiger partial charge in [0.15, 0.2) is 0 Å². The number of nitrogens with one attached hydrogen (secondary N) is 1. The number of nitrogens with zero attached hydrogens (tertiary/aromatic N) is 3. The van der Waals surface area contributed by atoms with Gasteiger partial charge in [0.25, 0.3) is 0 Å². The van der Waals surface area contributed by atoms with E-state index >= 15 is 0 Å². The van der Waals surface area contributed by atoms with Gasteiger partial charge in [0, 0.05) is 30.9 Å². The van der Waals surface area contributed by atoms with E-state index in [2.05, 4.69) is 33.2 Å². The lowest BCUT2D eigenvalue weighted by molar-refractivity contribution is 0.244. The molecule has 0 amide bonds. The number of hydrogen-bond acceptors (Lipinski definition) is 4. The van der Waals surface area contributed by atoms with Crippen molar-refractivity contribution in [2.75, 3.05) is 24.5 Å². The molecule has 1 aromatic heterocycles. The number of piperidine rings is 2. The van der Waals surface area contributed by atoms with E-state index in [1.165, 1.54) is 31.5 Å². The summed E-state index contributed by atoms with van der Waals surface area (Å²) in [5, 5.41) is 3.67. The van der Waals surface area contributed by atoms with Crippen molar-refractivity contribution in [3.8, 4) is 0 Å². The van der Waals surface area contributed by atoms with Crippen LogP contribution in [0.2, 0.25) is 0 Å². The fraction of sp³-hybridized carbons (Fsp3) is 0.733. The third-order valence-corrected chi connectivity index (χ3v) is 4.43. The summed E-state index contributed by atoms with van der Waals surface area (Å²) in [6.45, 7) is 5.67. The van der Waals surface area contributed by atoms with Crippen molar-refractivity contribution >= 4 is 5.82 Å². The zero-order valence-electron chi connectivity index (χ0n) is 11.8. The van der Waals surface area contributed by atoms with Crippen LogP contribution in [-0.4, -0.2) is 35.6 Å². The molecule has 19 heavy (non-hydrogen) atoms. The predicted octanol–water partition coefficient (Wildman–Crippen LogP) is 2.01. The monoisotopic (exact) mass is 260 g/mol. The molecule has 2 aliphatic heterocycles. The highest BCUT2D eigenvalue weighted by Gasteiger charge is 2.31. The molecule has 0 aliphatic carbocycles. The first-order valence-corrected chi connectivity index (χ1v) is 7.66. The zero-order valence-corrected chi connectivity index (χ0v) is 11.8. The van der Waals surface area contributed by atoms with Crippen LogP contribution in [-0.2, 0) is 6.42 Å². The molecule has 104 valence electrons. The first-order valence-electron chi connectivity index (χ1n) is 7.66. The van der Waals surface area contributed by atoms with E-state index < -0.39 is 0 Å². The first-order chi connectivity index (χ1) is 9.36. The van der Waals surface area contributed by atoms with Crippen LogP contribution in [0.3, 0.4) is 0 Å². The van der Waals surface area contributed by atoms with Crippen LogP contribution in [0, 0.1) is 5.92 Å². The zero-order chi connectivity index (χ0) is 13.1. The van der Waals surface area contributed by atoms with Crippen LogP contribution in [0.1, 0.15) is 38.3 Å². The van der Waals surface area contributed by atoms with Crippen molar-refractivity contribution in [2.24, 2.45) is 5.92 Å². The normalized spacial score (nSPS) is 27.1. The van der Waals surface area contributed by atoms with Crippen LogP contribution in [0.15, 0.2) is 12.4 Å². The smallest absolute Gasteiger partial charge is 0.132 e. The van der Waals surface area contributed by atoms with Gasteiger partial charge >= 0.3 is 0 Å². The van der Waals surface area contributed by atoms with E-state index in [9.17, 15) is 0 Å². The number of rotatable bonds is 3. The highest BCUT2D eigenvalue weighted by Crippen LogP contribution is 2.27. The van der Waals surface area contributed by atoms with Gasteiger partial charge in [-0.15, -0.1) is 0 Å². The van der Waals surface area contributed by atoms with E-state index in [1.54, 1.807) is 6.33 Å². The first kappa shape index (κ1) is 12.9. The highest BCUT2D eigenvalue weighted by molar-refractivity contribution is 5.39. The van der Waals surface area contributed by atoms with Crippen molar-refractivity contribution in [3.05, 3.63) is 18.1 Å². The largest absolute Gasteiger partial charge is 0.356 e. The average molecular weight is 260 g/mol. The molecule has 3 heterocycles. The summed E-state index contributed by atoms with van der Waals surface area (Å²) < 4.78 is 0. The minimum absolute atomic E-state index is 0.738. The maximum Gasteiger partial charge on any atom is 0.132 e. The molecule has 2 aliphatic rings. The van der Waals surface area contributed by atoms with Crippen LogP contribution in [0.4, 0.5) is 5.82 Å². The molecule has 1 aromatic rings. The van der Waals surface area contributed by atoms with Gasteiger partial charge in [-0.2, -0.15) is 0 Å². The van der Waals surface area contributed by atoms with E-state index in [0.717, 1.165) is 43.7 Å². The molecule has 4 heteroatoms. The van der Waals surface area contributed by atoms with Gasteiger partial charge in [-0.1, -0.05) is 13.3 Å². The third kappa shape index (κ3) is 2.89. The summed E-state index contributed by atoms with van der Waals surface area (Å²) in [4.78, 5) is 11.3. The Morgan fingerprint density at radius 1 is 1.37 bits per heavy atom. The fourth-order valence-corrected chi connectivity index (χ4v) is 3.40. The maximum absolute atomic E-state index is 4.48. The number of fused-ring (bicyclic) bond motifs is 1. The second-order valence-corrected chi connectivity index (χ2v) is 5.82. The Bertz CT molecular complexity index is 420. The van der Waals surface area contributed by atoms with Crippen molar-refractivity contribution in [3.63, 3.8) is 0 Å². The third-order valence-electron chi connectivity index (χ3n) is 4.43. The van der Waals surface area contributed by atoms with Gasteiger partial charge < -0.3 is 10.2 Å². The summed E-state index contributed by atoms with van der Waals surface area (Å²) in [5.74, 6) is 1.93. The molecule has 0 radical (unpaired) electrons. The predicted molar refractivity (Wildman–Crippen MR) is 77.4 cm³/mol. The van der Waals surface area contributed by atoms with Gasteiger partial charge in [-0.05, 0) is 38.1 Å². The van der Waals surface area contributed by atoms with Crippen LogP contribution < -0.4 is 10.2 Å². The van der Waals surface area contributed by atoms with Gasteiger partial charge in [0.2, 0.25) is 0 Å². The number of aromatic nitrogens is 2. The van der Waals surface area contributed by atoms with E-state index in [0.29, 0.717) is 0 Å². The molecule has 2 unspecified atom stereocenters. The number of aryl methyl sites for hydroxylation is 1. The Labute approximate surface area is 115 Å². The fourth-order valence-electron chi connectivity index (χ4n) is 3.40.